The molecule has 0 unspecified atom stereocenters. The zero-order valence-corrected chi connectivity index (χ0v) is 22.3. The minimum Gasteiger partial charge on any atom is -0.375 e. The van der Waals surface area contributed by atoms with Crippen LogP contribution < -0.4 is 10.9 Å². The van der Waals surface area contributed by atoms with Gasteiger partial charge < -0.3 is 5.32 Å². The summed E-state index contributed by atoms with van der Waals surface area (Å²) in [4.78, 5) is 23.6. The second-order valence-corrected chi connectivity index (χ2v) is 9.52. The summed E-state index contributed by atoms with van der Waals surface area (Å²) in [6.45, 7) is 8.18. The number of nitrogens with one attached hydrogen (secondary N) is 1. The van der Waals surface area contributed by atoms with Gasteiger partial charge in [-0.15, -0.1) is 0 Å². The molecule has 6 aromatic rings. The summed E-state index contributed by atoms with van der Waals surface area (Å²) >= 11 is 0. The predicted molar refractivity (Wildman–Crippen MR) is 155 cm³/mol. The molecule has 9 nitrogen and oxygen atoms in total. The van der Waals surface area contributed by atoms with Crippen molar-refractivity contribution >= 4 is 22.2 Å². The fraction of sp³-hybridized carbons (Fsp3) is 0.129. The second kappa shape index (κ2) is 10.0. The summed E-state index contributed by atoms with van der Waals surface area (Å²) in [6.07, 6.45) is 7.01. The number of hydrogen-bond donors (Lipinski definition) is 1. The molecule has 0 spiro atoms. The summed E-state index contributed by atoms with van der Waals surface area (Å²) < 4.78 is 5.10. The molecular formula is C31H26N8O. The Morgan fingerprint density at radius 1 is 1.02 bits per heavy atom. The van der Waals surface area contributed by atoms with E-state index in [-0.39, 0.29) is 11.6 Å². The molecule has 0 amide bonds. The maximum absolute atomic E-state index is 14.2. The van der Waals surface area contributed by atoms with Crippen molar-refractivity contribution in [1.82, 2.24) is 39.2 Å². The first-order valence-electron chi connectivity index (χ1n) is 12.8. The molecular weight excluding hydrogens is 500 g/mol. The van der Waals surface area contributed by atoms with Crippen molar-refractivity contribution in [3.63, 3.8) is 0 Å². The lowest BCUT2D eigenvalue weighted by Crippen LogP contribution is -2.30. The van der Waals surface area contributed by atoms with E-state index in [4.69, 9.17) is 4.98 Å². The number of rotatable bonds is 5. The molecule has 0 aliphatic carbocycles. The Balaban J connectivity index is 1.46. The molecule has 4 aromatic heterocycles. The molecule has 1 atom stereocenters. The van der Waals surface area contributed by atoms with E-state index in [1.165, 1.54) is 0 Å². The molecule has 0 fully saturated rings. The molecule has 4 heterocycles. The highest BCUT2D eigenvalue weighted by Crippen LogP contribution is 2.23. The van der Waals surface area contributed by atoms with Crippen LogP contribution in [0.25, 0.3) is 27.9 Å². The molecule has 6 rings (SSSR count). The van der Waals surface area contributed by atoms with Crippen LogP contribution in [0.5, 0.6) is 0 Å². The van der Waals surface area contributed by atoms with Crippen molar-refractivity contribution in [3.05, 3.63) is 125 Å². The zero-order chi connectivity index (χ0) is 27.8. The number of hydrogen-bond acceptors (Lipinski definition) is 6. The Morgan fingerprint density at radius 3 is 2.62 bits per heavy atom. The van der Waals surface area contributed by atoms with E-state index in [1.807, 2.05) is 81.7 Å². The van der Waals surface area contributed by atoms with Gasteiger partial charge in [0.1, 0.15) is 5.82 Å². The van der Waals surface area contributed by atoms with E-state index in [2.05, 4.69) is 38.9 Å². The molecule has 1 N–H and O–H groups in total. The topological polar surface area (TPSA) is 94.9 Å². The summed E-state index contributed by atoms with van der Waals surface area (Å²) in [5.74, 6) is 6.81. The first-order valence-corrected chi connectivity index (χ1v) is 12.8. The van der Waals surface area contributed by atoms with Crippen LogP contribution in [0, 0.1) is 18.8 Å². The lowest BCUT2D eigenvalue weighted by molar-refractivity contribution is 0.624. The van der Waals surface area contributed by atoms with Gasteiger partial charge in [0.2, 0.25) is 0 Å². The van der Waals surface area contributed by atoms with Crippen LogP contribution in [0.2, 0.25) is 0 Å². The van der Waals surface area contributed by atoms with Crippen LogP contribution in [-0.4, -0.2) is 33.9 Å². The summed E-state index contributed by atoms with van der Waals surface area (Å²) in [5.41, 5.74) is 5.52. The van der Waals surface area contributed by atoms with E-state index < -0.39 is 0 Å². The number of nitrogens with zero attached hydrogens (tertiary/aromatic N) is 7. The van der Waals surface area contributed by atoms with Gasteiger partial charge in [0.05, 0.1) is 46.2 Å². The van der Waals surface area contributed by atoms with E-state index in [9.17, 15) is 4.79 Å². The SMILES string of the molecule is C=C(N[C@@H](C)c1nc2cccc(C#Cc3cnn(C)c3)c2c(=O)n1-c1ccccc1)c1cnn2c(C)ccnc12. The van der Waals surface area contributed by atoms with Crippen molar-refractivity contribution in [3.8, 4) is 17.5 Å². The minimum atomic E-state index is -0.380. The molecule has 2 aromatic carbocycles. The molecule has 196 valence electrons. The smallest absolute Gasteiger partial charge is 0.267 e. The standard InChI is InChI=1S/C31H26N8O/c1-20-15-16-32-30-26(18-34-39(20)30)21(2)35-22(3)29-36-27-12-8-9-24(14-13-23-17-33-37(4)19-23)28(27)31(40)38(29)25-10-6-5-7-11-25/h5-12,15-19,22,35H,2H2,1,3-4H3/t22-/m0/s1. The first-order chi connectivity index (χ1) is 19.4. The van der Waals surface area contributed by atoms with Gasteiger partial charge in [-0.2, -0.15) is 10.2 Å². The Labute approximate surface area is 230 Å². The van der Waals surface area contributed by atoms with Crippen LogP contribution in [0.1, 0.15) is 41.2 Å². The summed E-state index contributed by atoms with van der Waals surface area (Å²) in [6, 6.07) is 16.5. The monoisotopic (exact) mass is 526 g/mol. The highest BCUT2D eigenvalue weighted by molar-refractivity contribution is 5.85. The van der Waals surface area contributed by atoms with Crippen molar-refractivity contribution < 1.29 is 0 Å². The Kier molecular flexibility index (Phi) is 6.21. The van der Waals surface area contributed by atoms with Crippen molar-refractivity contribution in [2.75, 3.05) is 0 Å². The van der Waals surface area contributed by atoms with Gasteiger partial charge in [0, 0.05) is 36.4 Å². The third-order valence-electron chi connectivity index (χ3n) is 6.68. The first kappa shape index (κ1) is 24.8. The molecule has 9 heteroatoms. The van der Waals surface area contributed by atoms with Gasteiger partial charge in [-0.25, -0.2) is 14.5 Å². The molecule has 40 heavy (non-hydrogen) atoms. The third kappa shape index (κ3) is 4.41. The Morgan fingerprint density at radius 2 is 1.85 bits per heavy atom. The van der Waals surface area contributed by atoms with Crippen LogP contribution in [-0.2, 0) is 7.05 Å². The molecule has 0 aliphatic heterocycles. The number of fused-ring (bicyclic) bond motifs is 2. The van der Waals surface area contributed by atoms with E-state index in [0.29, 0.717) is 39.3 Å². The normalized spacial score (nSPS) is 11.8. The lowest BCUT2D eigenvalue weighted by Gasteiger charge is -2.21. The average Bonchev–Trinajstić information content (AvgIpc) is 3.59. The number of benzene rings is 2. The molecule has 0 radical (unpaired) electrons. The molecule has 0 aliphatic rings. The van der Waals surface area contributed by atoms with E-state index >= 15 is 0 Å². The third-order valence-corrected chi connectivity index (χ3v) is 6.68. The fourth-order valence-corrected chi connectivity index (χ4v) is 4.72. The second-order valence-electron chi connectivity index (χ2n) is 9.52. The number of aryl methyl sites for hydroxylation is 2. The molecule has 0 bridgehead atoms. The van der Waals surface area contributed by atoms with Gasteiger partial charge in [-0.1, -0.05) is 42.7 Å². The van der Waals surface area contributed by atoms with Gasteiger partial charge >= 0.3 is 0 Å². The summed E-state index contributed by atoms with van der Waals surface area (Å²) in [7, 11) is 1.84. The lowest BCUT2D eigenvalue weighted by atomic mass is 10.1. The van der Waals surface area contributed by atoms with Gasteiger partial charge in [0.15, 0.2) is 5.65 Å². The highest BCUT2D eigenvalue weighted by Gasteiger charge is 2.21. The van der Waals surface area contributed by atoms with Crippen LogP contribution >= 0.6 is 0 Å². The quantitative estimate of drug-likeness (QED) is 0.339. The number of aromatic nitrogens is 7. The molecule has 0 saturated carbocycles. The van der Waals surface area contributed by atoms with Gasteiger partial charge in [-0.05, 0) is 44.2 Å². The minimum absolute atomic E-state index is 0.199. The van der Waals surface area contributed by atoms with Gasteiger partial charge in [0.25, 0.3) is 5.56 Å². The maximum Gasteiger partial charge on any atom is 0.267 e. The van der Waals surface area contributed by atoms with E-state index in [1.54, 1.807) is 32.4 Å². The van der Waals surface area contributed by atoms with Crippen molar-refractivity contribution in [1.29, 1.82) is 0 Å². The predicted octanol–water partition coefficient (Wildman–Crippen LogP) is 4.19. The fourth-order valence-electron chi connectivity index (χ4n) is 4.72. The summed E-state index contributed by atoms with van der Waals surface area (Å²) in [5, 5.41) is 12.5. The average molecular weight is 527 g/mol. The van der Waals surface area contributed by atoms with Gasteiger partial charge in [-0.3, -0.25) is 14.0 Å². The number of para-hydroxylation sites is 1. The van der Waals surface area contributed by atoms with Crippen LogP contribution in [0.4, 0.5) is 0 Å². The van der Waals surface area contributed by atoms with Crippen molar-refractivity contribution in [2.24, 2.45) is 7.05 Å². The van der Waals surface area contributed by atoms with E-state index in [0.717, 1.165) is 16.8 Å². The highest BCUT2D eigenvalue weighted by atomic mass is 16.1. The zero-order valence-electron chi connectivity index (χ0n) is 22.3. The Hall–Kier alpha value is -5.49. The van der Waals surface area contributed by atoms with Crippen molar-refractivity contribution in [2.45, 2.75) is 19.9 Å². The van der Waals surface area contributed by atoms with Crippen LogP contribution in [0.3, 0.4) is 0 Å². The van der Waals surface area contributed by atoms with Crippen LogP contribution in [0.15, 0.2) is 90.8 Å². The Bertz CT molecular complexity index is 2020. The largest absolute Gasteiger partial charge is 0.375 e. The molecule has 0 saturated heterocycles. The maximum atomic E-state index is 14.2.